The Morgan fingerprint density at radius 2 is 1.71 bits per heavy atom. The van der Waals surface area contributed by atoms with Gasteiger partial charge in [-0.1, -0.05) is 54.6 Å². The number of fused-ring (bicyclic) bond motifs is 1. The second-order valence-corrected chi connectivity index (χ2v) is 8.59. The minimum Gasteiger partial charge on any atom is -0.349 e. The summed E-state index contributed by atoms with van der Waals surface area (Å²) in [5.41, 5.74) is 3.25. The molecule has 0 radical (unpaired) electrons. The first kappa shape index (κ1) is 20.5. The van der Waals surface area contributed by atoms with Crippen molar-refractivity contribution in [3.8, 4) is 0 Å². The van der Waals surface area contributed by atoms with Gasteiger partial charge in [-0.05, 0) is 44.5 Å². The molecule has 1 aliphatic rings. The van der Waals surface area contributed by atoms with Gasteiger partial charge >= 0.3 is 0 Å². The first-order valence-corrected chi connectivity index (χ1v) is 10.3. The van der Waals surface area contributed by atoms with Gasteiger partial charge in [-0.25, -0.2) is 0 Å². The first-order chi connectivity index (χ1) is 14.8. The third-order valence-electron chi connectivity index (χ3n) is 5.02. The Hall–Kier alpha value is -3.73. The number of amides is 2. The predicted octanol–water partition coefficient (Wildman–Crippen LogP) is 4.62. The highest BCUT2D eigenvalue weighted by molar-refractivity contribution is 6.36. The maximum absolute atomic E-state index is 13.7. The summed E-state index contributed by atoms with van der Waals surface area (Å²) in [4.78, 5) is 32.9. The van der Waals surface area contributed by atoms with Crippen molar-refractivity contribution in [1.82, 2.24) is 10.3 Å². The van der Waals surface area contributed by atoms with E-state index in [0.717, 1.165) is 11.1 Å². The molecular formula is C26H25N3O2. The molecule has 5 nitrogen and oxygen atoms in total. The quantitative estimate of drug-likeness (QED) is 0.637. The summed E-state index contributed by atoms with van der Waals surface area (Å²) in [5, 5.41) is 3.03. The van der Waals surface area contributed by atoms with E-state index >= 15 is 0 Å². The second-order valence-electron chi connectivity index (χ2n) is 8.59. The lowest BCUT2D eigenvalue weighted by atomic mass is 10.0. The maximum atomic E-state index is 13.7. The van der Waals surface area contributed by atoms with Crippen molar-refractivity contribution in [3.63, 3.8) is 0 Å². The number of benzene rings is 2. The van der Waals surface area contributed by atoms with Gasteiger partial charge in [-0.2, -0.15) is 0 Å². The van der Waals surface area contributed by atoms with E-state index in [2.05, 4.69) is 10.3 Å². The van der Waals surface area contributed by atoms with Crippen LogP contribution in [0.1, 0.15) is 43.5 Å². The lowest BCUT2D eigenvalue weighted by molar-refractivity contribution is -0.126. The number of para-hydroxylation sites is 1. The number of carbonyl (C=O) groups is 2. The lowest BCUT2D eigenvalue weighted by Crippen LogP contribution is -2.48. The Bertz CT molecular complexity index is 1130. The molecule has 0 saturated carbocycles. The fourth-order valence-corrected chi connectivity index (χ4v) is 3.77. The minimum atomic E-state index is -0.830. The number of hydrogen-bond acceptors (Lipinski definition) is 3. The highest BCUT2D eigenvalue weighted by Crippen LogP contribution is 2.42. The van der Waals surface area contributed by atoms with E-state index in [1.54, 1.807) is 23.4 Å². The van der Waals surface area contributed by atoms with Crippen molar-refractivity contribution in [3.05, 3.63) is 95.8 Å². The number of aromatic nitrogens is 1. The molecule has 0 bridgehead atoms. The summed E-state index contributed by atoms with van der Waals surface area (Å²) in [7, 11) is 0. The van der Waals surface area contributed by atoms with E-state index in [-0.39, 0.29) is 11.8 Å². The maximum Gasteiger partial charge on any atom is 0.260 e. The summed E-state index contributed by atoms with van der Waals surface area (Å²) in [6, 6.07) is 20.1. The molecule has 1 N–H and O–H groups in total. The van der Waals surface area contributed by atoms with Gasteiger partial charge in [-0.15, -0.1) is 0 Å². The van der Waals surface area contributed by atoms with Crippen molar-refractivity contribution in [2.24, 2.45) is 0 Å². The van der Waals surface area contributed by atoms with E-state index in [4.69, 9.17) is 0 Å². The molecule has 4 rings (SSSR count). The zero-order valence-corrected chi connectivity index (χ0v) is 17.9. The van der Waals surface area contributed by atoms with E-state index in [9.17, 15) is 9.59 Å². The molecule has 2 heterocycles. The fraction of sp³-hybridized carbons (Fsp3) is 0.192. The number of pyridine rings is 1. The molecule has 0 spiro atoms. The van der Waals surface area contributed by atoms with Crippen LogP contribution in [0, 0.1) is 0 Å². The number of carbonyl (C=O) groups excluding carboxylic acids is 2. The van der Waals surface area contributed by atoms with E-state index in [1.807, 2.05) is 87.5 Å². The van der Waals surface area contributed by atoms with Gasteiger partial charge in [0.05, 0.1) is 5.69 Å². The van der Waals surface area contributed by atoms with Crippen LogP contribution in [0.5, 0.6) is 0 Å². The molecule has 0 saturated heterocycles. The van der Waals surface area contributed by atoms with Crippen molar-refractivity contribution in [1.29, 1.82) is 0 Å². The normalized spacial score (nSPS) is 15.6. The molecular weight excluding hydrogens is 386 g/mol. The Balaban J connectivity index is 1.85. The average molecular weight is 412 g/mol. The van der Waals surface area contributed by atoms with Crippen molar-refractivity contribution in [2.45, 2.75) is 32.4 Å². The Labute approximate surface area is 182 Å². The molecule has 2 amide bonds. The van der Waals surface area contributed by atoms with Gasteiger partial charge < -0.3 is 5.32 Å². The third-order valence-corrected chi connectivity index (χ3v) is 5.02. The van der Waals surface area contributed by atoms with Crippen LogP contribution in [0.25, 0.3) is 11.6 Å². The van der Waals surface area contributed by atoms with Crippen molar-refractivity contribution in [2.75, 3.05) is 4.90 Å². The Morgan fingerprint density at radius 1 is 1.00 bits per heavy atom. The molecule has 3 aromatic rings. The minimum absolute atomic E-state index is 0.206. The molecule has 31 heavy (non-hydrogen) atoms. The SMILES string of the molecule is CC(C)(C)NC(=O)C(c1cccnc1)N1C(=O)/C(=C\c2ccccc2)c2ccccc21. The number of nitrogens with one attached hydrogen (secondary N) is 1. The topological polar surface area (TPSA) is 62.3 Å². The zero-order chi connectivity index (χ0) is 22.0. The molecule has 1 unspecified atom stereocenters. The van der Waals surface area contributed by atoms with E-state index in [0.29, 0.717) is 16.8 Å². The van der Waals surface area contributed by atoms with Crippen LogP contribution in [0.3, 0.4) is 0 Å². The fourth-order valence-electron chi connectivity index (χ4n) is 3.77. The number of nitrogens with zero attached hydrogens (tertiary/aromatic N) is 2. The van der Waals surface area contributed by atoms with Gasteiger partial charge in [0, 0.05) is 34.6 Å². The van der Waals surface area contributed by atoms with Crippen LogP contribution in [0.4, 0.5) is 5.69 Å². The van der Waals surface area contributed by atoms with Gasteiger partial charge in [0.1, 0.15) is 6.04 Å². The molecule has 0 fully saturated rings. The van der Waals surface area contributed by atoms with Gasteiger partial charge in [0.15, 0.2) is 0 Å². The van der Waals surface area contributed by atoms with Crippen LogP contribution in [-0.2, 0) is 9.59 Å². The summed E-state index contributed by atoms with van der Waals surface area (Å²) < 4.78 is 0. The lowest BCUT2D eigenvalue weighted by Gasteiger charge is -2.31. The van der Waals surface area contributed by atoms with Crippen LogP contribution in [0.2, 0.25) is 0 Å². The predicted molar refractivity (Wildman–Crippen MR) is 123 cm³/mol. The third kappa shape index (κ3) is 4.26. The number of anilines is 1. The average Bonchev–Trinajstić information content (AvgIpc) is 3.01. The van der Waals surface area contributed by atoms with Gasteiger partial charge in [-0.3, -0.25) is 19.5 Å². The largest absolute Gasteiger partial charge is 0.349 e. The van der Waals surface area contributed by atoms with Crippen molar-refractivity contribution >= 4 is 29.2 Å². The molecule has 156 valence electrons. The van der Waals surface area contributed by atoms with Crippen molar-refractivity contribution < 1.29 is 9.59 Å². The van der Waals surface area contributed by atoms with E-state index < -0.39 is 11.6 Å². The number of hydrogen-bond donors (Lipinski definition) is 1. The highest BCUT2D eigenvalue weighted by atomic mass is 16.2. The smallest absolute Gasteiger partial charge is 0.260 e. The standard InChI is InChI=1S/C26H25N3O2/c1-26(2,3)28-24(30)23(19-12-9-15-27-17-19)29-22-14-8-7-13-20(22)21(25(29)31)16-18-10-5-4-6-11-18/h4-17,23H,1-3H3,(H,28,30)/b21-16-. The summed E-state index contributed by atoms with van der Waals surface area (Å²) in [5.74, 6) is -0.451. The van der Waals surface area contributed by atoms with Crippen LogP contribution >= 0.6 is 0 Å². The molecule has 1 atom stereocenters. The Kier molecular flexibility index (Phi) is 5.42. The summed E-state index contributed by atoms with van der Waals surface area (Å²) in [6.45, 7) is 5.77. The summed E-state index contributed by atoms with van der Waals surface area (Å²) >= 11 is 0. The molecule has 2 aromatic carbocycles. The van der Waals surface area contributed by atoms with Gasteiger partial charge in [0.25, 0.3) is 5.91 Å². The van der Waals surface area contributed by atoms with Crippen LogP contribution in [0.15, 0.2) is 79.1 Å². The second kappa shape index (κ2) is 8.19. The highest BCUT2D eigenvalue weighted by Gasteiger charge is 2.41. The van der Waals surface area contributed by atoms with E-state index in [1.165, 1.54) is 0 Å². The molecule has 1 aromatic heterocycles. The molecule has 5 heteroatoms. The molecule has 1 aliphatic heterocycles. The zero-order valence-electron chi connectivity index (χ0n) is 17.9. The summed E-state index contributed by atoms with van der Waals surface area (Å²) in [6.07, 6.45) is 5.17. The number of rotatable bonds is 4. The Morgan fingerprint density at radius 3 is 2.39 bits per heavy atom. The van der Waals surface area contributed by atoms with Crippen LogP contribution in [-0.4, -0.2) is 22.3 Å². The van der Waals surface area contributed by atoms with Gasteiger partial charge in [0.2, 0.25) is 5.91 Å². The molecule has 0 aliphatic carbocycles. The first-order valence-electron chi connectivity index (χ1n) is 10.3. The van der Waals surface area contributed by atoms with Crippen LogP contribution < -0.4 is 10.2 Å². The monoisotopic (exact) mass is 411 g/mol.